The molecule has 0 bridgehead atoms. The van der Waals surface area contributed by atoms with Crippen molar-refractivity contribution in [1.29, 1.82) is 0 Å². The molecule has 0 aliphatic carbocycles. The number of fused-ring (bicyclic) bond motifs is 1. The Morgan fingerprint density at radius 2 is 1.81 bits per heavy atom. The predicted octanol–water partition coefficient (Wildman–Crippen LogP) is 5.11. The summed E-state index contributed by atoms with van der Waals surface area (Å²) in [5.41, 5.74) is 1.43. The Hall–Kier alpha value is -2.81. The van der Waals surface area contributed by atoms with Crippen LogP contribution in [0.1, 0.15) is 11.6 Å². The van der Waals surface area contributed by atoms with Gasteiger partial charge in [0.05, 0.1) is 27.9 Å². The van der Waals surface area contributed by atoms with Gasteiger partial charge in [-0.3, -0.25) is 0 Å². The summed E-state index contributed by atoms with van der Waals surface area (Å²) in [6.45, 7) is -0.887. The van der Waals surface area contributed by atoms with E-state index in [1.54, 1.807) is 18.2 Å². The molecule has 1 aliphatic heterocycles. The molecule has 8 nitrogen and oxygen atoms in total. The normalized spacial score (nSPS) is 14.7. The molecule has 5 rings (SSSR count). The number of benzene rings is 2. The van der Waals surface area contributed by atoms with Crippen molar-refractivity contribution in [3.05, 3.63) is 69.6 Å². The van der Waals surface area contributed by atoms with Crippen molar-refractivity contribution < 1.29 is 26.0 Å². The van der Waals surface area contributed by atoms with E-state index in [2.05, 4.69) is 36.1 Å². The second-order valence-electron chi connectivity index (χ2n) is 7.85. The molecule has 0 saturated carbocycles. The summed E-state index contributed by atoms with van der Waals surface area (Å²) in [5.74, 6) is -1.44. The number of H-pyrrole nitrogens is 1. The van der Waals surface area contributed by atoms with Crippen LogP contribution in [0.15, 0.2) is 52.0 Å². The topological polar surface area (TPSA) is 96.8 Å². The molecule has 4 aromatic rings. The highest BCUT2D eigenvalue weighted by atomic mass is 79.9. The van der Waals surface area contributed by atoms with Crippen molar-refractivity contribution >= 4 is 37.6 Å². The number of aromatic nitrogens is 5. The fourth-order valence-corrected chi connectivity index (χ4v) is 5.95. The molecule has 188 valence electrons. The summed E-state index contributed by atoms with van der Waals surface area (Å²) in [6.07, 6.45) is -3.22. The molecule has 0 saturated heterocycles. The van der Waals surface area contributed by atoms with E-state index in [0.29, 0.717) is 27.1 Å². The fourth-order valence-electron chi connectivity index (χ4n) is 3.82. The van der Waals surface area contributed by atoms with Crippen LogP contribution in [0.25, 0.3) is 22.6 Å². The number of rotatable bonds is 4. The highest BCUT2D eigenvalue weighted by molar-refractivity contribution is 9.10. The third kappa shape index (κ3) is 4.42. The van der Waals surface area contributed by atoms with Gasteiger partial charge in [0, 0.05) is 24.2 Å². The number of nitrogens with one attached hydrogen (secondary N) is 1. The maximum absolute atomic E-state index is 13.9. The van der Waals surface area contributed by atoms with Crippen LogP contribution in [-0.4, -0.2) is 44.0 Å². The predicted molar refractivity (Wildman–Crippen MR) is 125 cm³/mol. The van der Waals surface area contributed by atoms with Gasteiger partial charge in [0.1, 0.15) is 22.4 Å². The lowest BCUT2D eigenvalue weighted by atomic mass is 10.2. The number of halogens is 6. The number of aromatic amines is 1. The van der Waals surface area contributed by atoms with E-state index in [1.807, 2.05) is 0 Å². The van der Waals surface area contributed by atoms with Gasteiger partial charge >= 0.3 is 6.18 Å². The molecular formula is C21H14BrClF4N6O2S. The SMILES string of the molecule is O=S(=O)(c1cc(-c2ncc(-c3ccc(Br)c(F)c3)[nH]2)ccc1Cl)N1CCn2c(nnc2C(F)(F)F)C1. The van der Waals surface area contributed by atoms with Crippen molar-refractivity contribution in [2.24, 2.45) is 0 Å². The molecule has 0 atom stereocenters. The number of sulfonamides is 1. The summed E-state index contributed by atoms with van der Waals surface area (Å²) < 4.78 is 82.2. The van der Waals surface area contributed by atoms with Crippen molar-refractivity contribution in [1.82, 2.24) is 29.0 Å². The average molecular weight is 606 g/mol. The monoisotopic (exact) mass is 604 g/mol. The molecule has 2 aromatic heterocycles. The van der Waals surface area contributed by atoms with Gasteiger partial charge in [0.2, 0.25) is 15.8 Å². The van der Waals surface area contributed by atoms with Crippen LogP contribution in [0, 0.1) is 5.82 Å². The minimum absolute atomic E-state index is 0.0662. The third-order valence-electron chi connectivity index (χ3n) is 5.60. The molecule has 36 heavy (non-hydrogen) atoms. The first-order chi connectivity index (χ1) is 16.9. The lowest BCUT2D eigenvalue weighted by Crippen LogP contribution is -2.39. The van der Waals surface area contributed by atoms with E-state index >= 15 is 0 Å². The maximum Gasteiger partial charge on any atom is 0.451 e. The Kier molecular flexibility index (Phi) is 6.17. The van der Waals surface area contributed by atoms with Crippen LogP contribution >= 0.6 is 27.5 Å². The van der Waals surface area contributed by atoms with Crippen molar-refractivity contribution in [2.45, 2.75) is 24.2 Å². The quantitative estimate of drug-likeness (QED) is 0.326. The number of alkyl halides is 3. The third-order valence-corrected chi connectivity index (χ3v) is 8.57. The van der Waals surface area contributed by atoms with Gasteiger partial charge < -0.3 is 9.55 Å². The molecule has 3 heterocycles. The van der Waals surface area contributed by atoms with Gasteiger partial charge in [0.15, 0.2) is 0 Å². The van der Waals surface area contributed by atoms with Crippen LogP contribution in [0.5, 0.6) is 0 Å². The van der Waals surface area contributed by atoms with Crippen LogP contribution in [0.4, 0.5) is 17.6 Å². The lowest BCUT2D eigenvalue weighted by Gasteiger charge is -2.27. The second-order valence-corrected chi connectivity index (χ2v) is 11.0. The van der Waals surface area contributed by atoms with Crippen LogP contribution in [0.2, 0.25) is 5.02 Å². The molecular weight excluding hydrogens is 592 g/mol. The first kappa shape index (κ1) is 24.9. The maximum atomic E-state index is 13.9. The van der Waals surface area contributed by atoms with E-state index in [-0.39, 0.29) is 28.8 Å². The van der Waals surface area contributed by atoms with Crippen LogP contribution < -0.4 is 0 Å². The number of nitrogens with zero attached hydrogens (tertiary/aromatic N) is 5. The van der Waals surface area contributed by atoms with E-state index in [0.717, 1.165) is 8.87 Å². The van der Waals surface area contributed by atoms with E-state index < -0.39 is 34.4 Å². The highest BCUT2D eigenvalue weighted by Gasteiger charge is 2.41. The Morgan fingerprint density at radius 3 is 2.53 bits per heavy atom. The number of hydrogen-bond donors (Lipinski definition) is 1. The van der Waals surface area contributed by atoms with Gasteiger partial charge in [0.25, 0.3) is 0 Å². The van der Waals surface area contributed by atoms with Crippen molar-refractivity contribution in [2.75, 3.05) is 6.54 Å². The summed E-state index contributed by atoms with van der Waals surface area (Å²) in [6, 6.07) is 8.83. The van der Waals surface area contributed by atoms with E-state index in [9.17, 15) is 26.0 Å². The molecule has 0 amide bonds. The van der Waals surface area contributed by atoms with Gasteiger partial charge in [-0.25, -0.2) is 17.8 Å². The lowest BCUT2D eigenvalue weighted by molar-refractivity contribution is -0.147. The Morgan fingerprint density at radius 1 is 1.06 bits per heavy atom. The van der Waals surface area contributed by atoms with E-state index in [1.165, 1.54) is 24.4 Å². The molecule has 0 radical (unpaired) electrons. The highest BCUT2D eigenvalue weighted by Crippen LogP contribution is 2.34. The molecule has 2 aromatic carbocycles. The van der Waals surface area contributed by atoms with Gasteiger partial charge in [-0.15, -0.1) is 10.2 Å². The van der Waals surface area contributed by atoms with Gasteiger partial charge in [-0.1, -0.05) is 17.7 Å². The van der Waals surface area contributed by atoms with Crippen LogP contribution in [0.3, 0.4) is 0 Å². The molecule has 0 spiro atoms. The first-order valence-corrected chi connectivity index (χ1v) is 12.9. The van der Waals surface area contributed by atoms with Crippen molar-refractivity contribution in [3.63, 3.8) is 0 Å². The molecule has 1 N–H and O–H groups in total. The Labute approximate surface area is 215 Å². The summed E-state index contributed by atoms with van der Waals surface area (Å²) in [7, 11) is -4.21. The molecule has 1 aliphatic rings. The largest absolute Gasteiger partial charge is 0.451 e. The summed E-state index contributed by atoms with van der Waals surface area (Å²) in [5, 5.41) is 6.62. The zero-order chi connectivity index (χ0) is 25.8. The van der Waals surface area contributed by atoms with Gasteiger partial charge in [-0.2, -0.15) is 17.5 Å². The molecule has 0 unspecified atom stereocenters. The fraction of sp³-hybridized carbons (Fsp3) is 0.190. The standard InChI is InChI=1S/C21H14BrClF4N6O2S/c22-13-3-1-11(7-15(13)24)16-9-28-19(29-16)12-2-4-14(23)17(8-12)36(34,35)32-5-6-33-18(10-32)30-31-20(33)21(25,26)27/h1-4,7-9H,5-6,10H2,(H,28,29). The minimum Gasteiger partial charge on any atom is -0.338 e. The first-order valence-electron chi connectivity index (χ1n) is 10.2. The number of hydrogen-bond acceptors (Lipinski definition) is 5. The summed E-state index contributed by atoms with van der Waals surface area (Å²) in [4.78, 5) is 7.06. The Bertz CT molecular complexity index is 1590. The zero-order valence-corrected chi connectivity index (χ0v) is 21.0. The molecule has 15 heteroatoms. The smallest absolute Gasteiger partial charge is 0.338 e. The molecule has 0 fully saturated rings. The average Bonchev–Trinajstić information content (AvgIpc) is 3.48. The Balaban J connectivity index is 1.45. The second kappa shape index (κ2) is 8.94. The summed E-state index contributed by atoms with van der Waals surface area (Å²) >= 11 is 9.32. The van der Waals surface area contributed by atoms with Crippen LogP contribution in [-0.2, 0) is 29.3 Å². The van der Waals surface area contributed by atoms with Crippen molar-refractivity contribution in [3.8, 4) is 22.6 Å². The minimum atomic E-state index is -4.70. The van der Waals surface area contributed by atoms with E-state index in [4.69, 9.17) is 11.6 Å². The number of imidazole rings is 1. The van der Waals surface area contributed by atoms with Gasteiger partial charge in [-0.05, 0) is 46.3 Å². The zero-order valence-electron chi connectivity index (χ0n) is 17.9.